The Morgan fingerprint density at radius 3 is 2.09 bits per heavy atom. The summed E-state index contributed by atoms with van der Waals surface area (Å²) in [5.74, 6) is -2.50. The molecular weight excluding hydrogens is 475 g/mol. The number of carboxylic acids is 1. The van der Waals surface area contributed by atoms with E-state index in [0.29, 0.717) is 23.7 Å². The molecule has 1 amide bonds. The van der Waals surface area contributed by atoms with E-state index in [1.165, 1.54) is 16.5 Å². The van der Waals surface area contributed by atoms with Crippen LogP contribution in [0.25, 0.3) is 11.2 Å². The Kier molecular flexibility index (Phi) is 9.41. The Morgan fingerprint density at radius 1 is 1.14 bits per heavy atom. The number of nitrogens with two attached hydrogens (primary N) is 1. The second kappa shape index (κ2) is 11.2. The van der Waals surface area contributed by atoms with E-state index in [-0.39, 0.29) is 12.5 Å². The highest BCUT2D eigenvalue weighted by atomic mass is 19.4. The fraction of sp³-hybridized carbons (Fsp3) is 0.550. The first-order chi connectivity index (χ1) is 15.9. The van der Waals surface area contributed by atoms with Gasteiger partial charge in [0, 0.05) is 48.3 Å². The van der Waals surface area contributed by atoms with Gasteiger partial charge in [-0.3, -0.25) is 18.7 Å². The van der Waals surface area contributed by atoms with Gasteiger partial charge in [0.1, 0.15) is 6.04 Å². The first kappa shape index (κ1) is 29.4. The molecule has 15 heteroatoms. The molecule has 2 rings (SSSR count). The molecule has 0 aliphatic rings. The molecule has 0 radical (unpaired) electrons. The molecule has 0 fully saturated rings. The van der Waals surface area contributed by atoms with Crippen molar-refractivity contribution in [3.8, 4) is 0 Å². The third-order valence-electron chi connectivity index (χ3n) is 4.82. The van der Waals surface area contributed by atoms with Crippen LogP contribution < -0.4 is 21.9 Å². The monoisotopic (exact) mass is 505 g/mol. The first-order valence-electron chi connectivity index (χ1n) is 10.2. The van der Waals surface area contributed by atoms with Gasteiger partial charge in [0.25, 0.3) is 5.56 Å². The molecule has 0 spiro atoms. The molecule has 3 N–H and O–H groups in total. The lowest BCUT2D eigenvalue weighted by Gasteiger charge is -2.24. The minimum Gasteiger partial charge on any atom is -0.475 e. The van der Waals surface area contributed by atoms with Crippen LogP contribution in [0.5, 0.6) is 0 Å². The van der Waals surface area contributed by atoms with Crippen LogP contribution in [0, 0.1) is 0 Å². The van der Waals surface area contributed by atoms with Crippen molar-refractivity contribution in [1.29, 1.82) is 0 Å². The predicted octanol–water partition coefficient (Wildman–Crippen LogP) is -0.115. The Hall–Kier alpha value is -3.62. The molecule has 0 bridgehead atoms. The number of carbonyl (C=O) groups is 2. The van der Waals surface area contributed by atoms with Crippen molar-refractivity contribution >= 4 is 29.0 Å². The number of fused-ring (bicyclic) bond motifs is 1. The highest BCUT2D eigenvalue weighted by molar-refractivity contribution is 5.82. The van der Waals surface area contributed by atoms with Gasteiger partial charge in [0.2, 0.25) is 11.9 Å². The maximum absolute atomic E-state index is 12.8. The van der Waals surface area contributed by atoms with E-state index in [4.69, 9.17) is 15.6 Å². The quantitative estimate of drug-likeness (QED) is 0.517. The first-order valence-corrected chi connectivity index (χ1v) is 10.2. The van der Waals surface area contributed by atoms with Crippen molar-refractivity contribution in [2.24, 2.45) is 19.8 Å². The van der Waals surface area contributed by atoms with Crippen LogP contribution >= 0.6 is 0 Å². The molecule has 2 heterocycles. The number of carboxylic acid groups (broad SMARTS) is 1. The fourth-order valence-corrected chi connectivity index (χ4v) is 2.96. The standard InChI is InChI=1S/C18H29N7O3.C2HF3O2/c1-11(2)8-9-25-13-14(23(6)18(28)24(7)16(13)27)20-17(25)22(5)10-12(19)15(26)21(3)4;3-2(4,5)1(6)7/h8,12H,9-10,19H2,1-7H3;(H,6,7). The number of aryl methyl sites for hydroxylation is 1. The van der Waals surface area contributed by atoms with Gasteiger partial charge in [0.05, 0.1) is 0 Å². The molecule has 0 aliphatic carbocycles. The molecule has 1 atom stereocenters. The van der Waals surface area contributed by atoms with Gasteiger partial charge < -0.3 is 25.2 Å². The van der Waals surface area contributed by atoms with Crippen molar-refractivity contribution < 1.29 is 27.9 Å². The van der Waals surface area contributed by atoms with Crippen LogP contribution in [0.15, 0.2) is 21.2 Å². The number of anilines is 1. The predicted molar refractivity (Wildman–Crippen MR) is 123 cm³/mol. The third kappa shape index (κ3) is 6.94. The number of carbonyl (C=O) groups excluding carboxylic acids is 1. The van der Waals surface area contributed by atoms with Crippen molar-refractivity contribution in [1.82, 2.24) is 23.6 Å². The van der Waals surface area contributed by atoms with Gasteiger partial charge in [-0.05, 0) is 13.8 Å². The van der Waals surface area contributed by atoms with E-state index in [9.17, 15) is 27.6 Å². The number of nitrogens with zero attached hydrogens (tertiary/aromatic N) is 6. The largest absolute Gasteiger partial charge is 0.490 e. The molecule has 0 aliphatic heterocycles. The summed E-state index contributed by atoms with van der Waals surface area (Å²) in [6.07, 6.45) is -3.12. The molecular formula is C20H30F3N7O5. The number of likely N-dealkylation sites (N-methyl/N-ethyl adjacent to an activating group) is 2. The van der Waals surface area contributed by atoms with Crippen LogP contribution in [0.3, 0.4) is 0 Å². The second-order valence-electron chi connectivity index (χ2n) is 8.20. The Morgan fingerprint density at radius 2 is 1.66 bits per heavy atom. The lowest BCUT2D eigenvalue weighted by atomic mass is 10.2. The van der Waals surface area contributed by atoms with Gasteiger partial charge in [-0.25, -0.2) is 9.59 Å². The van der Waals surface area contributed by atoms with Crippen LogP contribution in [-0.4, -0.2) is 80.5 Å². The highest BCUT2D eigenvalue weighted by Crippen LogP contribution is 2.19. The Balaban J connectivity index is 0.000000762. The number of allylic oxidation sites excluding steroid dienone is 2. The van der Waals surface area contributed by atoms with Crippen LogP contribution in [-0.2, 0) is 30.2 Å². The van der Waals surface area contributed by atoms with Crippen LogP contribution in [0.1, 0.15) is 13.8 Å². The zero-order valence-corrected chi connectivity index (χ0v) is 20.5. The number of aromatic nitrogens is 4. The molecule has 12 nitrogen and oxygen atoms in total. The van der Waals surface area contributed by atoms with E-state index in [2.05, 4.69) is 4.98 Å². The molecule has 2 aromatic rings. The molecule has 0 saturated heterocycles. The van der Waals surface area contributed by atoms with Gasteiger partial charge in [-0.1, -0.05) is 11.6 Å². The lowest BCUT2D eigenvalue weighted by molar-refractivity contribution is -0.192. The number of hydrogen-bond donors (Lipinski definition) is 2. The van der Waals surface area contributed by atoms with E-state index >= 15 is 0 Å². The lowest BCUT2D eigenvalue weighted by Crippen LogP contribution is -2.47. The zero-order valence-electron chi connectivity index (χ0n) is 20.5. The van der Waals surface area contributed by atoms with Crippen LogP contribution in [0.4, 0.5) is 19.1 Å². The van der Waals surface area contributed by atoms with Gasteiger partial charge in [-0.15, -0.1) is 0 Å². The SMILES string of the molecule is CC(C)=CCn1c(N(C)CC(N)C(=O)N(C)C)nc2c1c(=O)n(C)c(=O)n2C.O=C(O)C(F)(F)F. The summed E-state index contributed by atoms with van der Waals surface area (Å²) < 4.78 is 35.9. The third-order valence-corrected chi connectivity index (χ3v) is 4.82. The maximum Gasteiger partial charge on any atom is 0.490 e. The summed E-state index contributed by atoms with van der Waals surface area (Å²) in [5, 5.41) is 7.12. The number of amides is 1. The Labute approximate surface area is 198 Å². The van der Waals surface area contributed by atoms with E-state index in [0.717, 1.165) is 10.1 Å². The number of rotatable bonds is 6. The van der Waals surface area contributed by atoms with E-state index in [1.54, 1.807) is 37.7 Å². The molecule has 1 unspecified atom stereocenters. The molecule has 2 aromatic heterocycles. The number of aliphatic carboxylic acids is 1. The number of halogens is 3. The average Bonchev–Trinajstić information content (AvgIpc) is 3.13. The highest BCUT2D eigenvalue weighted by Gasteiger charge is 2.38. The topological polar surface area (TPSA) is 149 Å². The average molecular weight is 505 g/mol. The molecule has 196 valence electrons. The number of alkyl halides is 3. The second-order valence-corrected chi connectivity index (χ2v) is 8.20. The normalized spacial score (nSPS) is 12.0. The summed E-state index contributed by atoms with van der Waals surface area (Å²) >= 11 is 0. The smallest absolute Gasteiger partial charge is 0.475 e. The molecule has 35 heavy (non-hydrogen) atoms. The van der Waals surface area contributed by atoms with Crippen molar-refractivity contribution in [3.05, 3.63) is 32.5 Å². The summed E-state index contributed by atoms with van der Waals surface area (Å²) in [6.45, 7) is 4.54. The minimum absolute atomic E-state index is 0.206. The fourth-order valence-electron chi connectivity index (χ4n) is 2.96. The van der Waals surface area contributed by atoms with E-state index < -0.39 is 29.4 Å². The summed E-state index contributed by atoms with van der Waals surface area (Å²) in [7, 11) is 8.06. The summed E-state index contributed by atoms with van der Waals surface area (Å²) in [6, 6.07) is -0.747. The Bertz CT molecular complexity index is 1240. The number of hydrogen-bond acceptors (Lipinski definition) is 7. The van der Waals surface area contributed by atoms with Gasteiger partial charge >= 0.3 is 17.8 Å². The van der Waals surface area contributed by atoms with Gasteiger partial charge in [-0.2, -0.15) is 18.2 Å². The van der Waals surface area contributed by atoms with Crippen molar-refractivity contribution in [3.63, 3.8) is 0 Å². The number of imidazole rings is 1. The van der Waals surface area contributed by atoms with Crippen molar-refractivity contribution in [2.45, 2.75) is 32.6 Å². The van der Waals surface area contributed by atoms with Crippen LogP contribution in [0.2, 0.25) is 0 Å². The maximum atomic E-state index is 12.8. The molecule has 0 aromatic carbocycles. The van der Waals surface area contributed by atoms with E-state index in [1.807, 2.05) is 19.9 Å². The minimum atomic E-state index is -5.08. The summed E-state index contributed by atoms with van der Waals surface area (Å²) in [4.78, 5) is 53.8. The van der Waals surface area contributed by atoms with Gasteiger partial charge in [0.15, 0.2) is 11.2 Å². The summed E-state index contributed by atoms with van der Waals surface area (Å²) in [5.41, 5.74) is 6.87. The zero-order chi connectivity index (χ0) is 27.4. The molecule has 0 saturated carbocycles. The van der Waals surface area contributed by atoms with Crippen molar-refractivity contribution in [2.75, 3.05) is 32.6 Å².